The van der Waals surface area contributed by atoms with E-state index in [1.807, 2.05) is 26.0 Å². The first-order valence-electron chi connectivity index (χ1n) is 9.12. The number of rotatable bonds is 5. The maximum Gasteiger partial charge on any atom is 0.197 e. The van der Waals surface area contributed by atoms with Gasteiger partial charge in [-0.15, -0.1) is 0 Å². The molecule has 0 radical (unpaired) electrons. The van der Waals surface area contributed by atoms with Gasteiger partial charge in [0.2, 0.25) is 0 Å². The quantitative estimate of drug-likeness (QED) is 0.675. The van der Waals surface area contributed by atoms with Crippen molar-refractivity contribution >= 4 is 5.57 Å². The topological polar surface area (TPSA) is 18.5 Å². The highest BCUT2D eigenvalue weighted by atomic mass is 16.7. The molecule has 4 bridgehead atoms. The lowest BCUT2D eigenvalue weighted by Crippen LogP contribution is -2.53. The summed E-state index contributed by atoms with van der Waals surface area (Å²) in [5.41, 5.74) is 2.34. The van der Waals surface area contributed by atoms with Crippen molar-refractivity contribution in [3.8, 4) is 5.75 Å². The summed E-state index contributed by atoms with van der Waals surface area (Å²) in [5, 5.41) is 0. The Hall–Kier alpha value is -1.28. The van der Waals surface area contributed by atoms with Crippen LogP contribution in [0.2, 0.25) is 0 Å². The minimum absolute atomic E-state index is 0.103. The molecule has 1 aromatic carbocycles. The van der Waals surface area contributed by atoms with Crippen LogP contribution in [0.1, 0.15) is 57.9 Å². The van der Waals surface area contributed by atoms with Crippen LogP contribution < -0.4 is 4.74 Å². The summed E-state index contributed by atoms with van der Waals surface area (Å²) in [5.74, 6) is 3.60. The Morgan fingerprint density at radius 2 is 1.57 bits per heavy atom. The van der Waals surface area contributed by atoms with Gasteiger partial charge in [-0.05, 0) is 87.8 Å². The zero-order valence-electron chi connectivity index (χ0n) is 14.4. The maximum absolute atomic E-state index is 6.49. The predicted molar refractivity (Wildman–Crippen MR) is 93.2 cm³/mol. The third-order valence-electron chi connectivity index (χ3n) is 6.05. The van der Waals surface area contributed by atoms with Crippen LogP contribution in [-0.4, -0.2) is 11.9 Å². The molecule has 4 saturated carbocycles. The second-order valence-corrected chi connectivity index (χ2v) is 8.21. The van der Waals surface area contributed by atoms with Crippen LogP contribution in [0, 0.1) is 17.8 Å². The van der Waals surface area contributed by atoms with E-state index in [1.165, 1.54) is 38.5 Å². The van der Waals surface area contributed by atoms with Crippen LogP contribution in [0.25, 0.3) is 5.57 Å². The van der Waals surface area contributed by atoms with Gasteiger partial charge in [-0.2, -0.15) is 0 Å². The molecule has 1 aromatic rings. The summed E-state index contributed by atoms with van der Waals surface area (Å²) in [6.07, 6.45) is 7.91. The molecule has 2 heteroatoms. The second kappa shape index (κ2) is 5.66. The zero-order chi connectivity index (χ0) is 16.0. The van der Waals surface area contributed by atoms with Gasteiger partial charge in [0, 0.05) is 0 Å². The van der Waals surface area contributed by atoms with E-state index in [0.29, 0.717) is 0 Å². The first kappa shape index (κ1) is 15.3. The Labute approximate surface area is 139 Å². The Morgan fingerprint density at radius 1 is 1.04 bits per heavy atom. The van der Waals surface area contributed by atoms with E-state index in [2.05, 4.69) is 18.7 Å². The van der Waals surface area contributed by atoms with E-state index >= 15 is 0 Å². The molecule has 0 aliphatic heterocycles. The van der Waals surface area contributed by atoms with E-state index < -0.39 is 0 Å². The number of hydrogen-bond donors (Lipinski definition) is 0. The molecule has 1 unspecified atom stereocenters. The van der Waals surface area contributed by atoms with Crippen LogP contribution in [-0.2, 0) is 4.74 Å². The molecule has 0 spiro atoms. The van der Waals surface area contributed by atoms with Gasteiger partial charge in [0.15, 0.2) is 6.29 Å². The molecular formula is C21H28O2. The zero-order valence-corrected chi connectivity index (χ0v) is 14.4. The van der Waals surface area contributed by atoms with Gasteiger partial charge >= 0.3 is 0 Å². The van der Waals surface area contributed by atoms with Crippen molar-refractivity contribution in [1.29, 1.82) is 0 Å². The van der Waals surface area contributed by atoms with Crippen LogP contribution in [0.4, 0.5) is 0 Å². The van der Waals surface area contributed by atoms with E-state index in [9.17, 15) is 0 Å². The molecule has 124 valence electrons. The highest BCUT2D eigenvalue weighted by Crippen LogP contribution is 2.57. The van der Waals surface area contributed by atoms with Crippen LogP contribution in [0.3, 0.4) is 0 Å². The van der Waals surface area contributed by atoms with Crippen molar-refractivity contribution in [2.45, 2.75) is 64.3 Å². The molecule has 0 heterocycles. The Morgan fingerprint density at radius 3 is 2.04 bits per heavy atom. The average Bonchev–Trinajstić information content (AvgIpc) is 2.45. The molecule has 4 aliphatic rings. The van der Waals surface area contributed by atoms with Crippen molar-refractivity contribution in [3.63, 3.8) is 0 Å². The Balaban J connectivity index is 1.40. The lowest BCUT2D eigenvalue weighted by atomic mass is 9.54. The molecule has 0 N–H and O–H groups in total. The fourth-order valence-electron chi connectivity index (χ4n) is 5.56. The van der Waals surface area contributed by atoms with Crippen molar-refractivity contribution in [1.82, 2.24) is 0 Å². The molecule has 0 aromatic heterocycles. The number of hydrogen-bond acceptors (Lipinski definition) is 2. The summed E-state index contributed by atoms with van der Waals surface area (Å²) >= 11 is 0. The third-order valence-corrected chi connectivity index (χ3v) is 6.05. The number of ether oxygens (including phenoxy) is 2. The molecule has 23 heavy (non-hydrogen) atoms. The van der Waals surface area contributed by atoms with Gasteiger partial charge in [-0.1, -0.05) is 24.3 Å². The summed E-state index contributed by atoms with van der Waals surface area (Å²) in [6.45, 7) is 8.04. The van der Waals surface area contributed by atoms with E-state index in [1.54, 1.807) is 0 Å². The number of benzene rings is 1. The molecular weight excluding hydrogens is 284 g/mol. The van der Waals surface area contributed by atoms with Gasteiger partial charge in [0.1, 0.15) is 5.75 Å². The monoisotopic (exact) mass is 312 g/mol. The van der Waals surface area contributed by atoms with Gasteiger partial charge < -0.3 is 9.47 Å². The van der Waals surface area contributed by atoms with Crippen molar-refractivity contribution in [3.05, 3.63) is 36.4 Å². The lowest BCUT2D eigenvalue weighted by Gasteiger charge is -2.56. The highest BCUT2D eigenvalue weighted by Gasteiger charge is 2.52. The lowest BCUT2D eigenvalue weighted by molar-refractivity contribution is -0.225. The molecule has 0 amide bonds. The standard InChI is InChI=1S/C21H28O2/c1-14(2)19-4-6-20(7-5-19)22-15(3)23-21-11-16-8-17(12-21)10-18(9-16)13-21/h4-7,15-18H,1,8-13H2,2-3H3. The van der Waals surface area contributed by atoms with E-state index in [4.69, 9.17) is 9.47 Å². The Kier molecular flexibility index (Phi) is 3.76. The maximum atomic E-state index is 6.49. The molecule has 0 saturated heterocycles. The van der Waals surface area contributed by atoms with Crippen LogP contribution in [0.5, 0.6) is 5.75 Å². The predicted octanol–water partition coefficient (Wildman–Crippen LogP) is 5.43. The van der Waals surface area contributed by atoms with E-state index in [0.717, 1.165) is 34.6 Å². The minimum atomic E-state index is -0.179. The molecule has 2 nitrogen and oxygen atoms in total. The fraction of sp³-hybridized carbons (Fsp3) is 0.619. The summed E-state index contributed by atoms with van der Waals surface area (Å²) in [4.78, 5) is 0. The van der Waals surface area contributed by atoms with Crippen molar-refractivity contribution < 1.29 is 9.47 Å². The van der Waals surface area contributed by atoms with E-state index in [-0.39, 0.29) is 11.9 Å². The average molecular weight is 312 g/mol. The van der Waals surface area contributed by atoms with Gasteiger partial charge in [-0.25, -0.2) is 0 Å². The van der Waals surface area contributed by atoms with Gasteiger partial charge in [0.05, 0.1) is 5.60 Å². The summed E-state index contributed by atoms with van der Waals surface area (Å²) in [6, 6.07) is 8.16. The SMILES string of the molecule is C=C(C)c1ccc(OC(C)OC23CC4CC(CC(C4)C2)C3)cc1. The molecule has 5 rings (SSSR count). The smallest absolute Gasteiger partial charge is 0.197 e. The molecule has 1 atom stereocenters. The van der Waals surface area contributed by atoms with Gasteiger partial charge in [-0.3, -0.25) is 0 Å². The van der Waals surface area contributed by atoms with Crippen LogP contribution >= 0.6 is 0 Å². The largest absolute Gasteiger partial charge is 0.465 e. The first-order valence-corrected chi connectivity index (χ1v) is 9.12. The van der Waals surface area contributed by atoms with Gasteiger partial charge in [0.25, 0.3) is 0 Å². The molecule has 4 aliphatic carbocycles. The summed E-state index contributed by atoms with van der Waals surface area (Å²) in [7, 11) is 0. The van der Waals surface area contributed by atoms with Crippen molar-refractivity contribution in [2.24, 2.45) is 17.8 Å². The van der Waals surface area contributed by atoms with Crippen LogP contribution in [0.15, 0.2) is 30.8 Å². The minimum Gasteiger partial charge on any atom is -0.465 e. The fourth-order valence-corrected chi connectivity index (χ4v) is 5.56. The first-order chi connectivity index (χ1) is 11.0. The number of allylic oxidation sites excluding steroid dienone is 1. The Bertz CT molecular complexity index is 551. The second-order valence-electron chi connectivity index (χ2n) is 8.21. The molecule has 4 fully saturated rings. The third kappa shape index (κ3) is 3.06. The highest BCUT2D eigenvalue weighted by molar-refractivity contribution is 5.61. The van der Waals surface area contributed by atoms with Crippen molar-refractivity contribution in [2.75, 3.05) is 0 Å². The normalized spacial score (nSPS) is 36.0. The summed E-state index contributed by atoms with van der Waals surface area (Å²) < 4.78 is 12.5.